The normalized spacial score (nSPS) is 14.5. The van der Waals surface area contributed by atoms with Crippen LogP contribution in [0.3, 0.4) is 0 Å². The van der Waals surface area contributed by atoms with Crippen molar-refractivity contribution in [1.82, 2.24) is 4.90 Å². The Hall–Kier alpha value is -0.780. The minimum absolute atomic E-state index is 0. The number of hydrogen-bond acceptors (Lipinski definition) is 4. The lowest BCUT2D eigenvalue weighted by molar-refractivity contribution is 0.0958. The summed E-state index contributed by atoms with van der Waals surface area (Å²) in [6.07, 6.45) is 0.687. The molecule has 1 aromatic carbocycles. The Morgan fingerprint density at radius 2 is 2.05 bits per heavy atom. The van der Waals surface area contributed by atoms with Crippen LogP contribution < -0.4 is 0 Å². The van der Waals surface area contributed by atoms with E-state index in [2.05, 4.69) is 4.90 Å². The molecule has 0 aromatic heterocycles. The number of nitrogens with zero attached hydrogens (tertiary/aromatic N) is 1. The fourth-order valence-corrected chi connectivity index (χ4v) is 3.11. The fourth-order valence-electron chi connectivity index (χ4n) is 1.94. The Kier molecular flexibility index (Phi) is 6.62. The van der Waals surface area contributed by atoms with Gasteiger partial charge in [0.15, 0.2) is 5.78 Å². The van der Waals surface area contributed by atoms with E-state index in [1.807, 2.05) is 37.3 Å². The topological polar surface area (TPSA) is 40.5 Å². The molecule has 1 aromatic rings. The third-order valence-corrected chi connectivity index (χ3v) is 4.33. The quantitative estimate of drug-likeness (QED) is 0.834. The van der Waals surface area contributed by atoms with Gasteiger partial charge in [-0.25, -0.2) is 0 Å². The Labute approximate surface area is 128 Å². The third-order valence-electron chi connectivity index (χ3n) is 3.04. The molecule has 0 atom stereocenters. The molecule has 0 fully saturated rings. The van der Waals surface area contributed by atoms with Crippen molar-refractivity contribution in [1.29, 1.82) is 0 Å². The number of halogens is 1. The van der Waals surface area contributed by atoms with E-state index in [0.29, 0.717) is 13.0 Å². The number of rotatable bonds is 5. The smallest absolute Gasteiger partial charge is 0.182 e. The van der Waals surface area contributed by atoms with E-state index in [-0.39, 0.29) is 29.4 Å². The summed E-state index contributed by atoms with van der Waals surface area (Å²) in [5.41, 5.74) is 1.88. The van der Waals surface area contributed by atoms with Crippen LogP contribution >= 0.6 is 28.7 Å². The number of aliphatic hydroxyl groups excluding tert-OH is 1. The Bertz CT molecular complexity index is 462. The monoisotopic (exact) mass is 343 g/mol. The SMILES string of the molecule is Br.CC1=C(CCO)SCN1CC(=O)c1ccccc1. The summed E-state index contributed by atoms with van der Waals surface area (Å²) in [4.78, 5) is 15.4. The van der Waals surface area contributed by atoms with Gasteiger partial charge in [-0.1, -0.05) is 30.3 Å². The molecule has 1 aliphatic rings. The van der Waals surface area contributed by atoms with Gasteiger partial charge in [-0.3, -0.25) is 4.79 Å². The second kappa shape index (κ2) is 7.72. The van der Waals surface area contributed by atoms with Gasteiger partial charge < -0.3 is 10.0 Å². The Morgan fingerprint density at radius 1 is 1.37 bits per heavy atom. The van der Waals surface area contributed by atoms with E-state index in [0.717, 1.165) is 17.1 Å². The van der Waals surface area contributed by atoms with Crippen LogP contribution in [0.5, 0.6) is 0 Å². The van der Waals surface area contributed by atoms with Crippen molar-refractivity contribution in [3.63, 3.8) is 0 Å². The van der Waals surface area contributed by atoms with Crippen LogP contribution in [0, 0.1) is 0 Å². The van der Waals surface area contributed by atoms with Crippen LogP contribution in [0.2, 0.25) is 0 Å². The molecule has 3 nitrogen and oxygen atoms in total. The van der Waals surface area contributed by atoms with Crippen molar-refractivity contribution in [2.45, 2.75) is 13.3 Å². The van der Waals surface area contributed by atoms with Crippen LogP contribution in [0.15, 0.2) is 40.9 Å². The van der Waals surface area contributed by atoms with Gasteiger partial charge in [0, 0.05) is 29.2 Å². The van der Waals surface area contributed by atoms with Gasteiger partial charge in [0.1, 0.15) is 0 Å². The second-order valence-corrected chi connectivity index (χ2v) is 5.28. The average molecular weight is 344 g/mol. The van der Waals surface area contributed by atoms with Crippen LogP contribution in [-0.4, -0.2) is 34.8 Å². The number of allylic oxidation sites excluding steroid dienone is 1. The first kappa shape index (κ1) is 16.3. The van der Waals surface area contributed by atoms with Gasteiger partial charge in [-0.05, 0) is 6.92 Å². The lowest BCUT2D eigenvalue weighted by Crippen LogP contribution is -2.25. The summed E-state index contributed by atoms with van der Waals surface area (Å²) in [5, 5.41) is 8.96. The lowest BCUT2D eigenvalue weighted by Gasteiger charge is -2.18. The summed E-state index contributed by atoms with van der Waals surface area (Å²) in [7, 11) is 0. The van der Waals surface area contributed by atoms with E-state index in [4.69, 9.17) is 5.11 Å². The van der Waals surface area contributed by atoms with Crippen molar-refractivity contribution >= 4 is 34.5 Å². The van der Waals surface area contributed by atoms with E-state index < -0.39 is 0 Å². The molecular weight excluding hydrogens is 326 g/mol. The summed E-state index contributed by atoms with van der Waals surface area (Å²) in [6.45, 7) is 2.60. The predicted octanol–water partition coefficient (Wildman–Crippen LogP) is 3.07. The zero-order chi connectivity index (χ0) is 13.0. The van der Waals surface area contributed by atoms with Gasteiger partial charge in [-0.15, -0.1) is 28.7 Å². The van der Waals surface area contributed by atoms with E-state index in [1.165, 1.54) is 4.91 Å². The Balaban J connectivity index is 0.00000180. The Morgan fingerprint density at radius 3 is 2.68 bits per heavy atom. The first-order valence-corrected chi connectivity index (χ1v) is 6.97. The van der Waals surface area contributed by atoms with E-state index >= 15 is 0 Å². The minimum atomic E-state index is 0. The highest BCUT2D eigenvalue weighted by molar-refractivity contribution is 8.93. The molecule has 0 saturated heterocycles. The number of hydrogen-bond donors (Lipinski definition) is 1. The number of carbonyl (C=O) groups excluding carboxylic acids is 1. The number of aliphatic hydroxyl groups is 1. The molecule has 2 rings (SSSR count). The van der Waals surface area contributed by atoms with Crippen molar-refractivity contribution in [2.24, 2.45) is 0 Å². The van der Waals surface area contributed by atoms with E-state index in [1.54, 1.807) is 11.8 Å². The highest BCUT2D eigenvalue weighted by atomic mass is 79.9. The molecule has 0 amide bonds. The van der Waals surface area contributed by atoms with Crippen LogP contribution in [0.25, 0.3) is 0 Å². The molecule has 1 heterocycles. The molecule has 19 heavy (non-hydrogen) atoms. The average Bonchev–Trinajstić information content (AvgIpc) is 2.73. The molecular formula is C14H18BrNO2S. The second-order valence-electron chi connectivity index (χ2n) is 4.24. The predicted molar refractivity (Wildman–Crippen MR) is 84.7 cm³/mol. The maximum Gasteiger partial charge on any atom is 0.182 e. The molecule has 5 heteroatoms. The van der Waals surface area contributed by atoms with Gasteiger partial charge in [-0.2, -0.15) is 0 Å². The lowest BCUT2D eigenvalue weighted by atomic mass is 10.1. The highest BCUT2D eigenvalue weighted by Gasteiger charge is 2.21. The standard InChI is InChI=1S/C14H17NO2S.BrH/c1-11-14(7-8-16)18-10-15(11)9-13(17)12-5-3-2-4-6-12;/h2-6,16H,7-10H2,1H3;1H. The van der Waals surface area contributed by atoms with Gasteiger partial charge >= 0.3 is 0 Å². The largest absolute Gasteiger partial charge is 0.396 e. The van der Waals surface area contributed by atoms with Gasteiger partial charge in [0.2, 0.25) is 0 Å². The molecule has 0 radical (unpaired) electrons. The highest BCUT2D eigenvalue weighted by Crippen LogP contribution is 2.33. The summed E-state index contributed by atoms with van der Waals surface area (Å²) < 4.78 is 0. The van der Waals surface area contributed by atoms with E-state index in [9.17, 15) is 4.79 Å². The van der Waals surface area contributed by atoms with Gasteiger partial charge in [0.25, 0.3) is 0 Å². The molecule has 0 aliphatic carbocycles. The van der Waals surface area contributed by atoms with Crippen molar-refractivity contribution < 1.29 is 9.90 Å². The first-order chi connectivity index (χ1) is 8.72. The molecule has 1 N–H and O–H groups in total. The summed E-state index contributed by atoms with van der Waals surface area (Å²) in [5.74, 6) is 0.945. The van der Waals surface area contributed by atoms with Crippen molar-refractivity contribution in [2.75, 3.05) is 19.0 Å². The molecule has 0 bridgehead atoms. The number of carbonyl (C=O) groups is 1. The fraction of sp³-hybridized carbons (Fsp3) is 0.357. The molecule has 104 valence electrons. The maximum atomic E-state index is 12.1. The van der Waals surface area contributed by atoms with Gasteiger partial charge in [0.05, 0.1) is 12.4 Å². The molecule has 0 saturated carbocycles. The summed E-state index contributed by atoms with van der Waals surface area (Å²) >= 11 is 1.71. The number of benzene rings is 1. The zero-order valence-corrected chi connectivity index (χ0v) is 13.4. The minimum Gasteiger partial charge on any atom is -0.396 e. The third kappa shape index (κ3) is 4.09. The molecule has 0 unspecified atom stereocenters. The number of thioether (sulfide) groups is 1. The molecule has 1 aliphatic heterocycles. The molecule has 0 spiro atoms. The van der Waals surface area contributed by atoms with Crippen molar-refractivity contribution in [3.05, 3.63) is 46.5 Å². The number of Topliss-reactive ketones (excluding diaryl/α,β-unsaturated/α-hetero) is 1. The maximum absolute atomic E-state index is 12.1. The summed E-state index contributed by atoms with van der Waals surface area (Å²) in [6, 6.07) is 9.36. The van der Waals surface area contributed by atoms with Crippen LogP contribution in [0.4, 0.5) is 0 Å². The first-order valence-electron chi connectivity index (χ1n) is 5.99. The number of ketones is 1. The van der Waals surface area contributed by atoms with Crippen LogP contribution in [0.1, 0.15) is 23.7 Å². The van der Waals surface area contributed by atoms with Crippen LogP contribution in [-0.2, 0) is 0 Å². The van der Waals surface area contributed by atoms with Crippen molar-refractivity contribution in [3.8, 4) is 0 Å². The zero-order valence-electron chi connectivity index (χ0n) is 10.8.